The number of carbonyl (C=O) groups excluding carboxylic acids is 2. The second-order valence-corrected chi connectivity index (χ2v) is 8.23. The van der Waals surface area contributed by atoms with Crippen molar-refractivity contribution in [3.8, 4) is 0 Å². The number of nitrogens with zero attached hydrogens (tertiary/aromatic N) is 2. The van der Waals surface area contributed by atoms with Gasteiger partial charge in [0.15, 0.2) is 0 Å². The van der Waals surface area contributed by atoms with Crippen LogP contribution >= 0.6 is 0 Å². The molecule has 6 heteroatoms. The van der Waals surface area contributed by atoms with Crippen molar-refractivity contribution < 1.29 is 14.0 Å². The van der Waals surface area contributed by atoms with Gasteiger partial charge in [0.1, 0.15) is 17.0 Å². The first-order chi connectivity index (χ1) is 14.2. The van der Waals surface area contributed by atoms with Gasteiger partial charge in [-0.2, -0.15) is 0 Å². The van der Waals surface area contributed by atoms with Gasteiger partial charge in [0.2, 0.25) is 5.91 Å². The molecule has 4 rings (SSSR count). The van der Waals surface area contributed by atoms with Crippen LogP contribution in [0.15, 0.2) is 47.2 Å². The number of carbonyl (C=O) groups is 2. The quantitative estimate of drug-likeness (QED) is 0.800. The van der Waals surface area contributed by atoms with Crippen molar-refractivity contribution in [3.63, 3.8) is 0 Å². The standard InChI is InChI=1S/C23H29N3O3/c27-21(20-12-4-7-15-24-20)26(17-19-11-8-16-29-19)23(13-5-1-6-14-23)22(28)25-18-9-2-3-10-18/h4,7-8,11-12,15-16,18H,1-3,5-6,9-10,13-14,17H2,(H,25,28). The number of hydrogen-bond acceptors (Lipinski definition) is 4. The highest BCUT2D eigenvalue weighted by molar-refractivity contribution is 5.98. The van der Waals surface area contributed by atoms with Crippen molar-refractivity contribution in [1.82, 2.24) is 15.2 Å². The van der Waals surface area contributed by atoms with Gasteiger partial charge in [0.05, 0.1) is 12.8 Å². The molecule has 0 aliphatic heterocycles. The Labute approximate surface area is 171 Å². The molecule has 2 amide bonds. The van der Waals surface area contributed by atoms with Gasteiger partial charge in [-0.1, -0.05) is 38.2 Å². The predicted molar refractivity (Wildman–Crippen MR) is 109 cm³/mol. The summed E-state index contributed by atoms with van der Waals surface area (Å²) >= 11 is 0. The van der Waals surface area contributed by atoms with Gasteiger partial charge in [-0.3, -0.25) is 14.6 Å². The molecule has 1 N–H and O–H groups in total. The van der Waals surface area contributed by atoms with E-state index in [4.69, 9.17) is 4.42 Å². The summed E-state index contributed by atoms with van der Waals surface area (Å²) in [5, 5.41) is 3.27. The Morgan fingerprint density at radius 1 is 1.07 bits per heavy atom. The van der Waals surface area contributed by atoms with Crippen LogP contribution in [0.1, 0.15) is 74.0 Å². The molecule has 2 fully saturated rings. The molecule has 0 unspecified atom stereocenters. The van der Waals surface area contributed by atoms with Crippen molar-refractivity contribution >= 4 is 11.8 Å². The van der Waals surface area contributed by atoms with E-state index in [2.05, 4.69) is 10.3 Å². The molecule has 0 saturated heterocycles. The van der Waals surface area contributed by atoms with Crippen molar-refractivity contribution in [2.75, 3.05) is 0 Å². The summed E-state index contributed by atoms with van der Waals surface area (Å²) in [4.78, 5) is 33.2. The number of nitrogens with one attached hydrogen (secondary N) is 1. The van der Waals surface area contributed by atoms with Crippen molar-refractivity contribution in [2.24, 2.45) is 0 Å². The lowest BCUT2D eigenvalue weighted by Crippen LogP contribution is -2.62. The third-order valence-electron chi connectivity index (χ3n) is 6.33. The molecular formula is C23H29N3O3. The first-order valence-electron chi connectivity index (χ1n) is 10.8. The number of aromatic nitrogens is 1. The summed E-state index contributed by atoms with van der Waals surface area (Å²) < 4.78 is 5.55. The summed E-state index contributed by atoms with van der Waals surface area (Å²) in [7, 11) is 0. The average Bonchev–Trinajstić information content (AvgIpc) is 3.47. The Morgan fingerprint density at radius 3 is 2.52 bits per heavy atom. The van der Waals surface area contributed by atoms with E-state index < -0.39 is 5.54 Å². The molecule has 0 bridgehead atoms. The van der Waals surface area contributed by atoms with Crippen molar-refractivity contribution in [2.45, 2.75) is 75.9 Å². The van der Waals surface area contributed by atoms with Crippen LogP contribution in [0.4, 0.5) is 0 Å². The number of pyridine rings is 1. The zero-order chi connectivity index (χ0) is 20.1. The van der Waals surface area contributed by atoms with Crippen molar-refractivity contribution in [3.05, 3.63) is 54.2 Å². The first-order valence-corrected chi connectivity index (χ1v) is 10.8. The lowest BCUT2D eigenvalue weighted by Gasteiger charge is -2.45. The van der Waals surface area contributed by atoms with Crippen LogP contribution in [-0.4, -0.2) is 33.3 Å². The summed E-state index contributed by atoms with van der Waals surface area (Å²) in [6.07, 6.45) is 11.9. The molecule has 154 valence electrons. The van der Waals surface area contributed by atoms with Gasteiger partial charge in [0.25, 0.3) is 5.91 Å². The van der Waals surface area contributed by atoms with Gasteiger partial charge in [-0.25, -0.2) is 0 Å². The Bertz CT molecular complexity index is 807. The fourth-order valence-electron chi connectivity index (χ4n) is 4.75. The van der Waals surface area contributed by atoms with E-state index in [0.29, 0.717) is 24.3 Å². The zero-order valence-corrected chi connectivity index (χ0v) is 16.8. The van der Waals surface area contributed by atoms with Crippen LogP contribution in [0.25, 0.3) is 0 Å². The summed E-state index contributed by atoms with van der Waals surface area (Å²) in [5.74, 6) is 0.443. The highest BCUT2D eigenvalue weighted by atomic mass is 16.3. The second kappa shape index (κ2) is 8.80. The SMILES string of the molecule is O=C(c1ccccn1)N(Cc1ccco1)C1(C(=O)NC2CCCC2)CCCCC1. The van der Waals surface area contributed by atoms with E-state index in [0.717, 1.165) is 44.9 Å². The van der Waals surface area contributed by atoms with E-state index in [1.54, 1.807) is 35.6 Å². The monoisotopic (exact) mass is 395 g/mol. The minimum absolute atomic E-state index is 0.0139. The Kier molecular flexibility index (Phi) is 5.97. The van der Waals surface area contributed by atoms with Crippen LogP contribution in [0.5, 0.6) is 0 Å². The van der Waals surface area contributed by atoms with Crippen LogP contribution < -0.4 is 5.32 Å². The predicted octanol–water partition coefficient (Wildman–Crippen LogP) is 4.08. The lowest BCUT2D eigenvalue weighted by atomic mass is 9.78. The molecule has 2 aromatic rings. The van der Waals surface area contributed by atoms with E-state index in [9.17, 15) is 9.59 Å². The maximum atomic E-state index is 13.6. The third kappa shape index (κ3) is 4.21. The molecule has 2 aliphatic rings. The molecule has 2 saturated carbocycles. The molecule has 0 atom stereocenters. The van der Waals surface area contributed by atoms with E-state index >= 15 is 0 Å². The van der Waals surface area contributed by atoms with E-state index in [-0.39, 0.29) is 24.4 Å². The number of hydrogen-bond donors (Lipinski definition) is 1. The summed E-state index contributed by atoms with van der Waals surface area (Å²) in [5.41, 5.74) is -0.500. The van der Waals surface area contributed by atoms with E-state index in [1.165, 1.54) is 0 Å². The van der Waals surface area contributed by atoms with Gasteiger partial charge in [-0.05, 0) is 49.9 Å². The molecular weight excluding hydrogens is 366 g/mol. The van der Waals surface area contributed by atoms with Gasteiger partial charge >= 0.3 is 0 Å². The largest absolute Gasteiger partial charge is 0.467 e. The average molecular weight is 396 g/mol. The van der Waals surface area contributed by atoms with E-state index in [1.807, 2.05) is 12.1 Å². The minimum atomic E-state index is -0.859. The summed E-state index contributed by atoms with van der Waals surface area (Å²) in [6.45, 7) is 0.264. The summed E-state index contributed by atoms with van der Waals surface area (Å²) in [6, 6.07) is 9.18. The van der Waals surface area contributed by atoms with Crippen LogP contribution in [-0.2, 0) is 11.3 Å². The molecule has 6 nitrogen and oxygen atoms in total. The van der Waals surface area contributed by atoms with Crippen LogP contribution in [0.2, 0.25) is 0 Å². The minimum Gasteiger partial charge on any atom is -0.467 e. The maximum Gasteiger partial charge on any atom is 0.273 e. The lowest BCUT2D eigenvalue weighted by molar-refractivity contribution is -0.135. The zero-order valence-electron chi connectivity index (χ0n) is 16.8. The smallest absolute Gasteiger partial charge is 0.273 e. The van der Waals surface area contributed by atoms with Gasteiger partial charge in [-0.15, -0.1) is 0 Å². The molecule has 0 radical (unpaired) electrons. The van der Waals surface area contributed by atoms with Crippen LogP contribution in [0, 0.1) is 0 Å². The molecule has 2 aliphatic carbocycles. The Hall–Kier alpha value is -2.63. The number of furan rings is 1. The number of amides is 2. The third-order valence-corrected chi connectivity index (χ3v) is 6.33. The number of rotatable bonds is 6. The van der Waals surface area contributed by atoms with Gasteiger partial charge in [0, 0.05) is 12.2 Å². The molecule has 2 heterocycles. The fraction of sp³-hybridized carbons (Fsp3) is 0.522. The Balaban J connectivity index is 1.68. The molecule has 0 spiro atoms. The highest BCUT2D eigenvalue weighted by Gasteiger charge is 2.48. The molecule has 0 aromatic carbocycles. The van der Waals surface area contributed by atoms with Crippen LogP contribution in [0.3, 0.4) is 0 Å². The second-order valence-electron chi connectivity index (χ2n) is 8.23. The van der Waals surface area contributed by atoms with Crippen molar-refractivity contribution in [1.29, 1.82) is 0 Å². The topological polar surface area (TPSA) is 75.4 Å². The molecule has 2 aromatic heterocycles. The molecule has 29 heavy (non-hydrogen) atoms. The van der Waals surface area contributed by atoms with Gasteiger partial charge < -0.3 is 14.6 Å². The fourth-order valence-corrected chi connectivity index (χ4v) is 4.75. The normalized spacial score (nSPS) is 19.0. The maximum absolute atomic E-state index is 13.6. The first kappa shape index (κ1) is 19.7. The highest BCUT2D eigenvalue weighted by Crippen LogP contribution is 2.37. The Morgan fingerprint density at radius 2 is 1.86 bits per heavy atom.